The number of carbonyl (C=O) groups excluding carboxylic acids is 1. The van der Waals surface area contributed by atoms with Gasteiger partial charge >= 0.3 is 0 Å². The van der Waals surface area contributed by atoms with E-state index >= 15 is 0 Å². The van der Waals surface area contributed by atoms with Crippen LogP contribution in [0.25, 0.3) is 0 Å². The Balaban J connectivity index is 1.69. The van der Waals surface area contributed by atoms with E-state index in [9.17, 15) is 4.79 Å². The predicted octanol–water partition coefficient (Wildman–Crippen LogP) is 3.97. The lowest BCUT2D eigenvalue weighted by Crippen LogP contribution is -2.14. The molecule has 1 N–H and O–H groups in total. The Bertz CT molecular complexity index is 668. The van der Waals surface area contributed by atoms with Gasteiger partial charge in [0.15, 0.2) is 0 Å². The molecule has 0 aromatic heterocycles. The molecule has 2 aromatic rings. The molecular weight excluding hydrogens is 258 g/mol. The maximum atomic E-state index is 12.2. The Kier molecular flexibility index (Phi) is 3.78. The zero-order chi connectivity index (χ0) is 14.8. The summed E-state index contributed by atoms with van der Waals surface area (Å²) in [6.07, 6.45) is 4.03. The van der Waals surface area contributed by atoms with Gasteiger partial charge < -0.3 is 5.32 Å². The first-order valence-electron chi connectivity index (χ1n) is 7.59. The van der Waals surface area contributed by atoms with E-state index < -0.39 is 0 Å². The van der Waals surface area contributed by atoms with Gasteiger partial charge in [0.1, 0.15) is 0 Å². The molecule has 0 atom stereocenters. The highest BCUT2D eigenvalue weighted by molar-refractivity contribution is 5.92. The van der Waals surface area contributed by atoms with Crippen molar-refractivity contribution in [2.75, 3.05) is 5.32 Å². The highest BCUT2D eigenvalue weighted by atomic mass is 16.1. The number of aryl methyl sites for hydroxylation is 4. The van der Waals surface area contributed by atoms with Crippen LogP contribution in [0.5, 0.6) is 0 Å². The van der Waals surface area contributed by atoms with Gasteiger partial charge in [-0.1, -0.05) is 24.3 Å². The summed E-state index contributed by atoms with van der Waals surface area (Å²) >= 11 is 0. The van der Waals surface area contributed by atoms with Crippen LogP contribution < -0.4 is 5.32 Å². The largest absolute Gasteiger partial charge is 0.326 e. The SMILES string of the molecule is Cc1cc(C)cc(NC(=O)Cc2ccc3c(c2)CCC3)c1. The van der Waals surface area contributed by atoms with E-state index in [0.717, 1.165) is 17.7 Å². The highest BCUT2D eigenvalue weighted by Gasteiger charge is 2.12. The minimum absolute atomic E-state index is 0.0537. The molecule has 21 heavy (non-hydrogen) atoms. The molecule has 0 spiro atoms. The topological polar surface area (TPSA) is 29.1 Å². The fourth-order valence-corrected chi connectivity index (χ4v) is 3.17. The van der Waals surface area contributed by atoms with Gasteiger partial charge in [-0.3, -0.25) is 4.79 Å². The summed E-state index contributed by atoms with van der Waals surface area (Å²) in [5.74, 6) is 0.0537. The minimum Gasteiger partial charge on any atom is -0.326 e. The Labute approximate surface area is 126 Å². The van der Waals surface area contributed by atoms with Gasteiger partial charge in [0, 0.05) is 5.69 Å². The summed E-state index contributed by atoms with van der Waals surface area (Å²) in [6, 6.07) is 12.6. The van der Waals surface area contributed by atoms with Crippen LogP contribution in [0.1, 0.15) is 34.2 Å². The van der Waals surface area contributed by atoms with Crippen molar-refractivity contribution in [2.45, 2.75) is 39.5 Å². The fraction of sp³-hybridized carbons (Fsp3) is 0.316. The molecule has 0 saturated heterocycles. The van der Waals surface area contributed by atoms with Crippen molar-refractivity contribution in [3.05, 3.63) is 64.2 Å². The number of hydrogen-bond acceptors (Lipinski definition) is 1. The van der Waals surface area contributed by atoms with Crippen molar-refractivity contribution in [1.29, 1.82) is 0 Å². The zero-order valence-corrected chi connectivity index (χ0v) is 12.7. The summed E-state index contributed by atoms with van der Waals surface area (Å²) < 4.78 is 0. The molecule has 0 heterocycles. The molecule has 1 amide bonds. The molecule has 108 valence electrons. The maximum Gasteiger partial charge on any atom is 0.228 e. The van der Waals surface area contributed by atoms with Gasteiger partial charge in [-0.05, 0) is 73.1 Å². The molecule has 3 rings (SSSR count). The fourth-order valence-electron chi connectivity index (χ4n) is 3.17. The number of rotatable bonds is 3. The number of benzene rings is 2. The summed E-state index contributed by atoms with van der Waals surface area (Å²) in [6.45, 7) is 4.09. The third kappa shape index (κ3) is 3.33. The number of carbonyl (C=O) groups is 1. The zero-order valence-electron chi connectivity index (χ0n) is 12.7. The molecule has 1 aliphatic carbocycles. The second-order valence-electron chi connectivity index (χ2n) is 6.06. The molecule has 0 aliphatic heterocycles. The van der Waals surface area contributed by atoms with Crippen molar-refractivity contribution in [3.63, 3.8) is 0 Å². The Hall–Kier alpha value is -2.09. The van der Waals surface area contributed by atoms with Crippen LogP contribution >= 0.6 is 0 Å². The molecule has 0 bridgehead atoms. The van der Waals surface area contributed by atoms with E-state index in [1.54, 1.807) is 0 Å². The third-order valence-electron chi connectivity index (χ3n) is 4.03. The molecule has 0 saturated carbocycles. The molecule has 0 radical (unpaired) electrons. The van der Waals surface area contributed by atoms with Crippen LogP contribution in [0.2, 0.25) is 0 Å². The highest BCUT2D eigenvalue weighted by Crippen LogP contribution is 2.23. The number of hydrogen-bond donors (Lipinski definition) is 1. The maximum absolute atomic E-state index is 12.2. The summed E-state index contributed by atoms with van der Waals surface area (Å²) in [5, 5.41) is 3.00. The van der Waals surface area contributed by atoms with Crippen LogP contribution in [-0.4, -0.2) is 5.91 Å². The normalized spacial score (nSPS) is 13.0. The van der Waals surface area contributed by atoms with Crippen LogP contribution in [0.4, 0.5) is 5.69 Å². The van der Waals surface area contributed by atoms with Gasteiger partial charge in [0.25, 0.3) is 0 Å². The lowest BCUT2D eigenvalue weighted by atomic mass is 10.0. The van der Waals surface area contributed by atoms with Crippen molar-refractivity contribution in [1.82, 2.24) is 0 Å². The monoisotopic (exact) mass is 279 g/mol. The quantitative estimate of drug-likeness (QED) is 0.905. The first kappa shape index (κ1) is 13.9. The predicted molar refractivity (Wildman–Crippen MR) is 86.7 cm³/mol. The second-order valence-corrected chi connectivity index (χ2v) is 6.06. The molecule has 0 fully saturated rings. The van der Waals surface area contributed by atoms with Crippen molar-refractivity contribution in [2.24, 2.45) is 0 Å². The summed E-state index contributed by atoms with van der Waals surface area (Å²) in [7, 11) is 0. The van der Waals surface area contributed by atoms with Gasteiger partial charge in [0.2, 0.25) is 5.91 Å². The molecule has 2 nitrogen and oxygen atoms in total. The lowest BCUT2D eigenvalue weighted by molar-refractivity contribution is -0.115. The third-order valence-corrected chi connectivity index (χ3v) is 4.03. The average Bonchev–Trinajstić information content (AvgIpc) is 2.84. The van der Waals surface area contributed by atoms with Crippen molar-refractivity contribution in [3.8, 4) is 0 Å². The van der Waals surface area contributed by atoms with Gasteiger partial charge in [-0.2, -0.15) is 0 Å². The Morgan fingerprint density at radius 2 is 1.71 bits per heavy atom. The molecular formula is C19H21NO. The van der Waals surface area contributed by atoms with Crippen LogP contribution in [0, 0.1) is 13.8 Å². The minimum atomic E-state index is 0.0537. The standard InChI is InChI=1S/C19H21NO/c1-13-8-14(2)10-18(9-13)20-19(21)12-15-6-7-16-4-3-5-17(16)11-15/h6-11H,3-5,12H2,1-2H3,(H,20,21). The van der Waals surface area contributed by atoms with Crippen LogP contribution in [-0.2, 0) is 24.1 Å². The smallest absolute Gasteiger partial charge is 0.228 e. The van der Waals surface area contributed by atoms with Crippen molar-refractivity contribution < 1.29 is 4.79 Å². The van der Waals surface area contributed by atoms with E-state index in [1.807, 2.05) is 26.0 Å². The Morgan fingerprint density at radius 1 is 1.00 bits per heavy atom. The van der Waals surface area contributed by atoms with E-state index in [4.69, 9.17) is 0 Å². The van der Waals surface area contributed by atoms with E-state index in [0.29, 0.717) is 6.42 Å². The summed E-state index contributed by atoms with van der Waals surface area (Å²) in [5.41, 5.74) is 7.21. The van der Waals surface area contributed by atoms with E-state index in [2.05, 4.69) is 29.6 Å². The second kappa shape index (κ2) is 5.72. The van der Waals surface area contributed by atoms with Gasteiger partial charge in [0.05, 0.1) is 6.42 Å². The number of amides is 1. The van der Waals surface area contributed by atoms with Gasteiger partial charge in [-0.15, -0.1) is 0 Å². The Morgan fingerprint density at radius 3 is 2.48 bits per heavy atom. The van der Waals surface area contributed by atoms with Gasteiger partial charge in [-0.25, -0.2) is 0 Å². The van der Waals surface area contributed by atoms with Crippen LogP contribution in [0.15, 0.2) is 36.4 Å². The van der Waals surface area contributed by atoms with Crippen molar-refractivity contribution >= 4 is 11.6 Å². The first-order chi connectivity index (χ1) is 10.1. The average molecular weight is 279 g/mol. The molecule has 2 aromatic carbocycles. The van der Waals surface area contributed by atoms with E-state index in [1.165, 1.54) is 35.1 Å². The lowest BCUT2D eigenvalue weighted by Gasteiger charge is -2.08. The van der Waals surface area contributed by atoms with Crippen LogP contribution in [0.3, 0.4) is 0 Å². The summed E-state index contributed by atoms with van der Waals surface area (Å²) in [4.78, 5) is 12.2. The molecule has 2 heteroatoms. The molecule has 0 unspecified atom stereocenters. The number of fused-ring (bicyclic) bond motifs is 1. The van der Waals surface area contributed by atoms with E-state index in [-0.39, 0.29) is 5.91 Å². The molecule has 1 aliphatic rings. The number of anilines is 1. The first-order valence-corrected chi connectivity index (χ1v) is 7.59. The number of nitrogens with one attached hydrogen (secondary N) is 1.